The third-order valence-electron chi connectivity index (χ3n) is 1.69. The van der Waals surface area contributed by atoms with E-state index in [0.29, 0.717) is 5.88 Å². The summed E-state index contributed by atoms with van der Waals surface area (Å²) in [4.78, 5) is 5.23. The van der Waals surface area contributed by atoms with Crippen molar-refractivity contribution >= 4 is 22.5 Å². The van der Waals surface area contributed by atoms with Crippen LogP contribution in [0.4, 0.5) is 0 Å². The lowest BCUT2D eigenvalue weighted by Gasteiger charge is -2.07. The molecule has 0 aromatic carbocycles. The number of thiol groups is 1. The van der Waals surface area contributed by atoms with Crippen molar-refractivity contribution in [1.29, 1.82) is 0 Å². The minimum Gasteiger partial charge on any atom is -0.480 e. The zero-order chi connectivity index (χ0) is 9.14. The molecule has 1 aromatic rings. The van der Waals surface area contributed by atoms with Gasteiger partial charge in [0.15, 0.2) is 0 Å². The van der Waals surface area contributed by atoms with Crippen molar-refractivity contribution in [2.75, 3.05) is 7.11 Å². The molecule has 0 saturated heterocycles. The maximum atomic E-state index is 5.09. The Hall–Kier alpha value is -0.350. The van der Waals surface area contributed by atoms with Gasteiger partial charge in [-0.2, -0.15) is 0 Å². The maximum Gasteiger partial charge on any atom is 0.228 e. The average molecular weight is 201 g/mol. The second kappa shape index (κ2) is 4.05. The highest BCUT2D eigenvalue weighted by molar-refractivity contribution is 8.68. The fraction of sp³-hybridized carbons (Fsp3) is 0.375. The molecule has 0 saturated carbocycles. The second-order valence-electron chi connectivity index (χ2n) is 2.49. The largest absolute Gasteiger partial charge is 0.480 e. The molecular weight excluding hydrogens is 190 g/mol. The molecule has 0 unspecified atom stereocenters. The first kappa shape index (κ1) is 9.74. The van der Waals surface area contributed by atoms with Crippen LogP contribution in [0.1, 0.15) is 11.3 Å². The summed E-state index contributed by atoms with van der Waals surface area (Å²) in [6, 6.07) is 2.03. The molecule has 4 heteroatoms. The van der Waals surface area contributed by atoms with Gasteiger partial charge in [-0.05, 0) is 25.5 Å². The van der Waals surface area contributed by atoms with Crippen LogP contribution in [-0.4, -0.2) is 12.1 Å². The monoisotopic (exact) mass is 201 g/mol. The Bertz CT molecular complexity index is 260. The van der Waals surface area contributed by atoms with Gasteiger partial charge in [-0.15, -0.1) is 11.7 Å². The molecule has 0 fully saturated rings. The molecule has 1 heterocycles. The lowest BCUT2D eigenvalue weighted by molar-refractivity contribution is 0.386. The van der Waals surface area contributed by atoms with Crippen molar-refractivity contribution in [1.82, 2.24) is 4.98 Å². The Kier molecular flexibility index (Phi) is 3.29. The minimum atomic E-state index is 0.651. The quantitative estimate of drug-likeness (QED) is 0.587. The van der Waals surface area contributed by atoms with Gasteiger partial charge in [-0.25, -0.2) is 4.98 Å². The minimum absolute atomic E-state index is 0.651. The molecule has 2 nitrogen and oxygen atoms in total. The summed E-state index contributed by atoms with van der Waals surface area (Å²) >= 11 is 4.11. The van der Waals surface area contributed by atoms with E-state index in [1.54, 1.807) is 7.11 Å². The number of aryl methyl sites for hydroxylation is 2. The Morgan fingerprint density at radius 2 is 2.17 bits per heavy atom. The third kappa shape index (κ3) is 1.87. The van der Waals surface area contributed by atoms with Crippen molar-refractivity contribution in [2.45, 2.75) is 18.7 Å². The first-order valence-electron chi connectivity index (χ1n) is 3.52. The predicted molar refractivity (Wildman–Crippen MR) is 55.1 cm³/mol. The van der Waals surface area contributed by atoms with Crippen LogP contribution >= 0.6 is 22.5 Å². The van der Waals surface area contributed by atoms with Crippen LogP contribution in [-0.2, 0) is 0 Å². The Balaban J connectivity index is 3.19. The SMILES string of the molecule is COc1nc(C)c(C)cc1SS. The van der Waals surface area contributed by atoms with Gasteiger partial charge >= 0.3 is 0 Å². The van der Waals surface area contributed by atoms with E-state index in [1.807, 2.05) is 19.9 Å². The number of methoxy groups -OCH3 is 1. The maximum absolute atomic E-state index is 5.09. The van der Waals surface area contributed by atoms with E-state index in [9.17, 15) is 0 Å². The molecule has 0 atom stereocenters. The molecule has 0 aliphatic rings. The van der Waals surface area contributed by atoms with Gasteiger partial charge in [0.05, 0.1) is 12.0 Å². The smallest absolute Gasteiger partial charge is 0.228 e. The molecule has 0 aliphatic carbocycles. The molecule has 12 heavy (non-hydrogen) atoms. The van der Waals surface area contributed by atoms with Gasteiger partial charge in [0, 0.05) is 5.69 Å². The molecule has 0 bridgehead atoms. The molecule has 0 N–H and O–H groups in total. The van der Waals surface area contributed by atoms with Gasteiger partial charge < -0.3 is 4.74 Å². The lowest BCUT2D eigenvalue weighted by atomic mass is 10.2. The van der Waals surface area contributed by atoms with E-state index in [2.05, 4.69) is 16.6 Å². The van der Waals surface area contributed by atoms with Crippen LogP contribution in [0.25, 0.3) is 0 Å². The Morgan fingerprint density at radius 3 is 2.67 bits per heavy atom. The average Bonchev–Trinajstić information content (AvgIpc) is 2.09. The highest BCUT2D eigenvalue weighted by Crippen LogP contribution is 2.31. The van der Waals surface area contributed by atoms with Crippen LogP contribution in [0.2, 0.25) is 0 Å². The van der Waals surface area contributed by atoms with E-state index in [4.69, 9.17) is 4.74 Å². The van der Waals surface area contributed by atoms with Gasteiger partial charge in [-0.3, -0.25) is 0 Å². The first-order valence-corrected chi connectivity index (χ1v) is 5.39. The van der Waals surface area contributed by atoms with E-state index < -0.39 is 0 Å². The van der Waals surface area contributed by atoms with Gasteiger partial charge in [0.25, 0.3) is 0 Å². The molecule has 0 radical (unpaired) electrons. The fourth-order valence-corrected chi connectivity index (χ4v) is 1.70. The number of pyridine rings is 1. The Labute approximate surface area is 81.5 Å². The zero-order valence-corrected chi connectivity index (χ0v) is 9.00. The van der Waals surface area contributed by atoms with Crippen molar-refractivity contribution in [3.8, 4) is 5.88 Å². The first-order chi connectivity index (χ1) is 5.69. The molecule has 0 amide bonds. The topological polar surface area (TPSA) is 22.1 Å². The van der Waals surface area contributed by atoms with Crippen LogP contribution in [0.5, 0.6) is 5.88 Å². The standard InChI is InChI=1S/C8H11NOS2/c1-5-4-7(12-11)8(10-3)9-6(5)2/h4,11H,1-3H3. The van der Waals surface area contributed by atoms with E-state index in [0.717, 1.165) is 16.2 Å². The number of hydrogen-bond donors (Lipinski definition) is 1. The van der Waals surface area contributed by atoms with Crippen LogP contribution in [0.15, 0.2) is 11.0 Å². The van der Waals surface area contributed by atoms with Crippen molar-refractivity contribution in [2.24, 2.45) is 0 Å². The number of aromatic nitrogens is 1. The van der Waals surface area contributed by atoms with Crippen LogP contribution in [0.3, 0.4) is 0 Å². The third-order valence-corrected chi connectivity index (χ3v) is 2.77. The summed E-state index contributed by atoms with van der Waals surface area (Å²) in [6.07, 6.45) is 0. The molecular formula is C8H11NOS2. The van der Waals surface area contributed by atoms with Crippen LogP contribution in [0, 0.1) is 13.8 Å². The summed E-state index contributed by atoms with van der Waals surface area (Å²) in [5.41, 5.74) is 2.16. The van der Waals surface area contributed by atoms with Crippen molar-refractivity contribution in [3.05, 3.63) is 17.3 Å². The molecule has 1 rings (SSSR count). The molecule has 66 valence electrons. The number of ether oxygens (including phenoxy) is 1. The summed E-state index contributed by atoms with van der Waals surface area (Å²) < 4.78 is 5.09. The lowest BCUT2D eigenvalue weighted by Crippen LogP contribution is -1.94. The predicted octanol–water partition coefficient (Wildman–Crippen LogP) is 2.64. The van der Waals surface area contributed by atoms with Gasteiger partial charge in [0.1, 0.15) is 0 Å². The van der Waals surface area contributed by atoms with E-state index in [1.165, 1.54) is 10.8 Å². The van der Waals surface area contributed by atoms with E-state index >= 15 is 0 Å². The number of hydrogen-bond acceptors (Lipinski definition) is 4. The molecule has 0 spiro atoms. The zero-order valence-electron chi connectivity index (χ0n) is 7.29. The van der Waals surface area contributed by atoms with Gasteiger partial charge in [-0.1, -0.05) is 10.8 Å². The molecule has 0 aliphatic heterocycles. The normalized spacial score (nSPS) is 10.0. The Morgan fingerprint density at radius 1 is 1.50 bits per heavy atom. The summed E-state index contributed by atoms with van der Waals surface area (Å²) in [7, 11) is 2.97. The summed E-state index contributed by atoms with van der Waals surface area (Å²) in [5, 5.41) is 0. The summed E-state index contributed by atoms with van der Waals surface area (Å²) in [6.45, 7) is 3.99. The van der Waals surface area contributed by atoms with Crippen LogP contribution < -0.4 is 4.74 Å². The number of rotatable bonds is 2. The van der Waals surface area contributed by atoms with Crippen molar-refractivity contribution in [3.63, 3.8) is 0 Å². The van der Waals surface area contributed by atoms with Gasteiger partial charge in [0.2, 0.25) is 5.88 Å². The second-order valence-corrected chi connectivity index (χ2v) is 3.66. The van der Waals surface area contributed by atoms with Crippen molar-refractivity contribution < 1.29 is 4.74 Å². The highest BCUT2D eigenvalue weighted by Gasteiger charge is 2.05. The number of nitrogens with zero attached hydrogens (tertiary/aromatic N) is 1. The summed E-state index contributed by atoms with van der Waals surface area (Å²) in [5.74, 6) is 0.651. The highest BCUT2D eigenvalue weighted by atomic mass is 33.1. The fourth-order valence-electron chi connectivity index (χ4n) is 0.870. The van der Waals surface area contributed by atoms with E-state index in [-0.39, 0.29) is 0 Å². The molecule has 1 aromatic heterocycles.